The zero-order chi connectivity index (χ0) is 13.9. The van der Waals surface area contributed by atoms with Crippen LogP contribution < -0.4 is 5.32 Å². The van der Waals surface area contributed by atoms with Crippen LogP contribution in [0.5, 0.6) is 0 Å². The molecule has 1 aromatic carbocycles. The SMILES string of the molecule is CCc1cccc(NC(=O)c2cn3ccccc3n2)c1. The minimum Gasteiger partial charge on any atom is -0.321 e. The average molecular weight is 265 g/mol. The summed E-state index contributed by atoms with van der Waals surface area (Å²) in [7, 11) is 0. The van der Waals surface area contributed by atoms with E-state index in [1.807, 2.05) is 53.1 Å². The summed E-state index contributed by atoms with van der Waals surface area (Å²) in [5, 5.41) is 2.88. The summed E-state index contributed by atoms with van der Waals surface area (Å²) < 4.78 is 1.83. The Morgan fingerprint density at radius 1 is 1.25 bits per heavy atom. The van der Waals surface area contributed by atoms with Crippen LogP contribution in [0.15, 0.2) is 54.9 Å². The molecule has 4 heteroatoms. The lowest BCUT2D eigenvalue weighted by atomic mass is 10.1. The first-order valence-electron chi connectivity index (χ1n) is 6.60. The minimum atomic E-state index is -0.193. The van der Waals surface area contributed by atoms with E-state index >= 15 is 0 Å². The lowest BCUT2D eigenvalue weighted by Gasteiger charge is -2.04. The normalized spacial score (nSPS) is 10.7. The van der Waals surface area contributed by atoms with Gasteiger partial charge in [0.2, 0.25) is 0 Å². The van der Waals surface area contributed by atoms with E-state index in [9.17, 15) is 4.79 Å². The minimum absolute atomic E-state index is 0.193. The van der Waals surface area contributed by atoms with E-state index in [1.54, 1.807) is 6.20 Å². The number of benzene rings is 1. The number of carbonyl (C=O) groups excluding carboxylic acids is 1. The molecule has 3 rings (SSSR count). The molecule has 0 bridgehead atoms. The Balaban J connectivity index is 1.85. The molecule has 2 heterocycles. The Morgan fingerprint density at radius 3 is 2.95 bits per heavy atom. The highest BCUT2D eigenvalue weighted by Crippen LogP contribution is 2.13. The maximum atomic E-state index is 12.2. The molecule has 0 radical (unpaired) electrons. The molecule has 0 unspecified atom stereocenters. The van der Waals surface area contributed by atoms with Crippen molar-refractivity contribution < 1.29 is 4.79 Å². The van der Waals surface area contributed by atoms with Crippen LogP contribution in [0.3, 0.4) is 0 Å². The maximum absolute atomic E-state index is 12.2. The second-order valence-corrected chi connectivity index (χ2v) is 4.60. The van der Waals surface area contributed by atoms with Crippen molar-refractivity contribution in [3.05, 3.63) is 66.1 Å². The summed E-state index contributed by atoms with van der Waals surface area (Å²) >= 11 is 0. The van der Waals surface area contributed by atoms with Crippen LogP contribution in [-0.2, 0) is 6.42 Å². The first-order chi connectivity index (χ1) is 9.76. The first kappa shape index (κ1) is 12.4. The van der Waals surface area contributed by atoms with Crippen molar-refractivity contribution in [1.82, 2.24) is 9.38 Å². The zero-order valence-electron chi connectivity index (χ0n) is 11.2. The number of carbonyl (C=O) groups is 1. The van der Waals surface area contributed by atoms with Crippen LogP contribution in [0.2, 0.25) is 0 Å². The van der Waals surface area contributed by atoms with Crippen LogP contribution in [0.1, 0.15) is 23.0 Å². The van der Waals surface area contributed by atoms with Gasteiger partial charge in [0.15, 0.2) is 0 Å². The number of pyridine rings is 1. The van der Waals surface area contributed by atoms with E-state index in [1.165, 1.54) is 5.56 Å². The molecule has 3 aromatic rings. The summed E-state index contributed by atoms with van der Waals surface area (Å²) in [5.74, 6) is -0.193. The van der Waals surface area contributed by atoms with Gasteiger partial charge in [-0.25, -0.2) is 4.98 Å². The zero-order valence-corrected chi connectivity index (χ0v) is 11.2. The van der Waals surface area contributed by atoms with E-state index in [4.69, 9.17) is 0 Å². The molecule has 0 aliphatic heterocycles. The molecule has 100 valence electrons. The predicted octanol–water partition coefficient (Wildman–Crippen LogP) is 3.15. The predicted molar refractivity (Wildman–Crippen MR) is 79.0 cm³/mol. The van der Waals surface area contributed by atoms with Crippen molar-refractivity contribution in [3.63, 3.8) is 0 Å². The summed E-state index contributed by atoms with van der Waals surface area (Å²) in [6.45, 7) is 2.09. The molecule has 0 atom stereocenters. The Hall–Kier alpha value is -2.62. The summed E-state index contributed by atoms with van der Waals surface area (Å²) in [6.07, 6.45) is 4.54. The van der Waals surface area contributed by atoms with Gasteiger partial charge < -0.3 is 9.72 Å². The fraction of sp³-hybridized carbons (Fsp3) is 0.125. The van der Waals surface area contributed by atoms with Crippen molar-refractivity contribution in [1.29, 1.82) is 0 Å². The Bertz CT molecular complexity index is 728. The lowest BCUT2D eigenvalue weighted by Crippen LogP contribution is -2.12. The molecular formula is C16H15N3O. The highest BCUT2D eigenvalue weighted by molar-refractivity contribution is 6.03. The lowest BCUT2D eigenvalue weighted by molar-refractivity contribution is 0.102. The standard InChI is InChI=1S/C16H15N3O/c1-2-12-6-5-7-13(10-12)17-16(20)14-11-19-9-4-3-8-15(19)18-14/h3-11H,2H2,1H3,(H,17,20). The molecule has 0 saturated heterocycles. The monoisotopic (exact) mass is 265 g/mol. The van der Waals surface area contributed by atoms with Gasteiger partial charge in [-0.1, -0.05) is 25.1 Å². The molecule has 0 saturated carbocycles. The molecule has 20 heavy (non-hydrogen) atoms. The van der Waals surface area contributed by atoms with Gasteiger partial charge in [-0.15, -0.1) is 0 Å². The third kappa shape index (κ3) is 2.40. The summed E-state index contributed by atoms with van der Waals surface area (Å²) in [5.41, 5.74) is 3.17. The largest absolute Gasteiger partial charge is 0.321 e. The number of imidazole rings is 1. The number of hydrogen-bond donors (Lipinski definition) is 1. The molecule has 0 fully saturated rings. The topological polar surface area (TPSA) is 46.4 Å². The van der Waals surface area contributed by atoms with Crippen LogP contribution >= 0.6 is 0 Å². The molecule has 1 amide bonds. The van der Waals surface area contributed by atoms with Crippen molar-refractivity contribution in [2.24, 2.45) is 0 Å². The fourth-order valence-electron chi connectivity index (χ4n) is 2.11. The van der Waals surface area contributed by atoms with Crippen molar-refractivity contribution in [2.45, 2.75) is 13.3 Å². The molecule has 0 spiro atoms. The number of aromatic nitrogens is 2. The third-order valence-electron chi connectivity index (χ3n) is 3.19. The van der Waals surface area contributed by atoms with E-state index in [-0.39, 0.29) is 5.91 Å². The Morgan fingerprint density at radius 2 is 2.15 bits per heavy atom. The third-order valence-corrected chi connectivity index (χ3v) is 3.19. The molecule has 1 N–H and O–H groups in total. The van der Waals surface area contributed by atoms with E-state index in [2.05, 4.69) is 17.2 Å². The number of aryl methyl sites for hydroxylation is 1. The number of amides is 1. The smallest absolute Gasteiger partial charge is 0.275 e. The van der Waals surface area contributed by atoms with Gasteiger partial charge in [0.05, 0.1) is 0 Å². The van der Waals surface area contributed by atoms with Gasteiger partial charge >= 0.3 is 0 Å². The molecule has 0 aliphatic rings. The average Bonchev–Trinajstić information content (AvgIpc) is 2.91. The molecule has 0 aliphatic carbocycles. The second kappa shape index (κ2) is 5.17. The number of anilines is 1. The highest BCUT2D eigenvalue weighted by atomic mass is 16.1. The van der Waals surface area contributed by atoms with Gasteiger partial charge in [-0.3, -0.25) is 4.79 Å². The fourth-order valence-corrected chi connectivity index (χ4v) is 2.11. The van der Waals surface area contributed by atoms with Gasteiger partial charge in [0, 0.05) is 18.1 Å². The first-order valence-corrected chi connectivity index (χ1v) is 6.60. The van der Waals surface area contributed by atoms with E-state index < -0.39 is 0 Å². The second-order valence-electron chi connectivity index (χ2n) is 4.60. The Labute approximate surface area is 117 Å². The van der Waals surface area contributed by atoms with Crippen LogP contribution in [-0.4, -0.2) is 15.3 Å². The quantitative estimate of drug-likeness (QED) is 0.790. The van der Waals surface area contributed by atoms with E-state index in [0.29, 0.717) is 5.69 Å². The van der Waals surface area contributed by atoms with Crippen molar-refractivity contribution in [3.8, 4) is 0 Å². The van der Waals surface area contributed by atoms with E-state index in [0.717, 1.165) is 17.8 Å². The number of nitrogens with one attached hydrogen (secondary N) is 1. The van der Waals surface area contributed by atoms with Gasteiger partial charge in [0.25, 0.3) is 5.91 Å². The van der Waals surface area contributed by atoms with Crippen molar-refractivity contribution >= 4 is 17.2 Å². The van der Waals surface area contributed by atoms with Gasteiger partial charge in [-0.05, 0) is 36.2 Å². The number of hydrogen-bond acceptors (Lipinski definition) is 2. The number of nitrogens with zero attached hydrogens (tertiary/aromatic N) is 2. The Kier molecular flexibility index (Phi) is 3.21. The van der Waals surface area contributed by atoms with Crippen molar-refractivity contribution in [2.75, 3.05) is 5.32 Å². The number of fused-ring (bicyclic) bond motifs is 1. The number of rotatable bonds is 3. The molecular weight excluding hydrogens is 250 g/mol. The van der Waals surface area contributed by atoms with Crippen LogP contribution in [0.4, 0.5) is 5.69 Å². The maximum Gasteiger partial charge on any atom is 0.275 e. The molecule has 4 nitrogen and oxygen atoms in total. The molecule has 2 aromatic heterocycles. The van der Waals surface area contributed by atoms with Gasteiger partial charge in [0.1, 0.15) is 11.3 Å². The van der Waals surface area contributed by atoms with Crippen LogP contribution in [0.25, 0.3) is 5.65 Å². The summed E-state index contributed by atoms with van der Waals surface area (Å²) in [4.78, 5) is 16.5. The highest BCUT2D eigenvalue weighted by Gasteiger charge is 2.10. The summed E-state index contributed by atoms with van der Waals surface area (Å²) in [6, 6.07) is 13.5. The van der Waals surface area contributed by atoms with Gasteiger partial charge in [-0.2, -0.15) is 0 Å². The van der Waals surface area contributed by atoms with Crippen LogP contribution in [0, 0.1) is 0 Å².